The molecule has 48 valence electrons. The summed E-state index contributed by atoms with van der Waals surface area (Å²) in [5, 5.41) is 50.5. The molecule has 0 aliphatic heterocycles. The van der Waals surface area contributed by atoms with Crippen LogP contribution in [0.2, 0.25) is 0 Å². The Hall–Kier alpha value is 1.68. The summed E-state index contributed by atoms with van der Waals surface area (Å²) in [7, 11) is -5.83. The van der Waals surface area contributed by atoms with Crippen molar-refractivity contribution in [2.45, 2.75) is 0 Å². The van der Waals surface area contributed by atoms with Crippen molar-refractivity contribution in [1.29, 1.82) is 0 Å². The van der Waals surface area contributed by atoms with Gasteiger partial charge >= 0.3 is 59.8 Å². The van der Waals surface area contributed by atoms with Crippen molar-refractivity contribution in [1.82, 2.24) is 0 Å². The second-order valence-electron chi connectivity index (χ2n) is 0.577. The van der Waals surface area contributed by atoms with Crippen LogP contribution >= 0.6 is 0 Å². The number of hydrogen-bond donors (Lipinski definition) is 0. The number of hydrogen-bond acceptors (Lipinski definition) is 6. The molecule has 0 aromatic rings. The van der Waals surface area contributed by atoms with Crippen LogP contribution in [0, 0.1) is 0 Å². The zero-order valence-corrected chi connectivity index (χ0v) is 10.3. The van der Waals surface area contributed by atoms with Crippen LogP contribution in [0.3, 0.4) is 0 Å². The fourth-order valence-corrected chi connectivity index (χ4v) is 0. The molecule has 0 saturated carbocycles. The fraction of sp³-hybridized carbons (Fsp3) is 0. The van der Waals surface area contributed by atoms with Crippen molar-refractivity contribution >= 4 is 74.5 Å². The molecule has 0 spiro atoms. The van der Waals surface area contributed by atoms with Gasteiger partial charge in [0.2, 0.25) is 0 Å². The van der Waals surface area contributed by atoms with E-state index in [-0.39, 0.29) is 59.8 Å². The topological polar surface area (TPSA) is 138 Å². The molecule has 0 aliphatic rings. The van der Waals surface area contributed by atoms with Crippen LogP contribution in [0.15, 0.2) is 0 Å². The second kappa shape index (κ2) is 17.0. The van der Waals surface area contributed by atoms with Crippen LogP contribution in [0.1, 0.15) is 0 Å². The molecular formula is B2BaO6Si. The molecule has 0 rings (SSSR count). The molecule has 0 radical (unpaired) electrons. The monoisotopic (exact) mass is 284 g/mol. The Bertz CT molecular complexity index is 31.2. The van der Waals surface area contributed by atoms with Gasteiger partial charge in [-0.3, -0.25) is 14.6 Å². The summed E-state index contributed by atoms with van der Waals surface area (Å²) in [6.07, 6.45) is 0. The van der Waals surface area contributed by atoms with Crippen molar-refractivity contribution < 1.29 is 30.1 Å². The van der Waals surface area contributed by atoms with Crippen LogP contribution in [-0.2, 0) is 0 Å². The van der Waals surface area contributed by atoms with Gasteiger partial charge in [-0.15, -0.1) is 0 Å². The molecular weight excluding hydrogens is 283 g/mol. The first kappa shape index (κ1) is 22.6. The van der Waals surface area contributed by atoms with E-state index in [9.17, 15) is 0 Å². The van der Waals surface area contributed by atoms with E-state index in [4.69, 9.17) is 30.1 Å². The van der Waals surface area contributed by atoms with Gasteiger partial charge < -0.3 is 30.1 Å². The van der Waals surface area contributed by atoms with Crippen molar-refractivity contribution in [3.05, 3.63) is 0 Å². The smallest absolute Gasteiger partial charge is 0.907 e. The molecule has 0 unspecified atom stereocenters. The SMILES string of the molecule is [Ba+2].[O-]B([O-])[O-].[O-]B([O-])[O-].[Si+4]. The van der Waals surface area contributed by atoms with E-state index in [1.165, 1.54) is 0 Å². The summed E-state index contributed by atoms with van der Waals surface area (Å²) in [6.45, 7) is 0. The second-order valence-corrected chi connectivity index (χ2v) is 0.577. The summed E-state index contributed by atoms with van der Waals surface area (Å²) in [5.41, 5.74) is 0. The van der Waals surface area contributed by atoms with E-state index in [2.05, 4.69) is 0 Å². The fourth-order valence-electron chi connectivity index (χ4n) is 0. The van der Waals surface area contributed by atoms with E-state index in [0.29, 0.717) is 0 Å². The Kier molecular flexibility index (Phi) is 38.3. The molecule has 10 heavy (non-hydrogen) atoms. The van der Waals surface area contributed by atoms with E-state index >= 15 is 0 Å². The van der Waals surface area contributed by atoms with Gasteiger partial charge in [-0.1, -0.05) is 0 Å². The molecule has 0 aromatic heterocycles. The molecule has 0 heterocycles. The molecule has 0 bridgehead atoms. The van der Waals surface area contributed by atoms with Gasteiger partial charge in [0.05, 0.1) is 0 Å². The van der Waals surface area contributed by atoms with E-state index in [0.717, 1.165) is 0 Å². The molecule has 0 N–H and O–H groups in total. The first-order valence-electron chi connectivity index (χ1n) is 1.41. The van der Waals surface area contributed by atoms with Crippen LogP contribution < -0.4 is 30.1 Å². The van der Waals surface area contributed by atoms with Crippen LogP contribution in [-0.4, -0.2) is 74.5 Å². The predicted molar refractivity (Wildman–Crippen MR) is 23.0 cm³/mol. The molecule has 10 heteroatoms. The van der Waals surface area contributed by atoms with Crippen molar-refractivity contribution in [2.75, 3.05) is 0 Å². The maximum Gasteiger partial charge on any atom is 4.00 e. The predicted octanol–water partition coefficient (Wildman–Crippen LogP) is -8.66. The molecule has 0 atom stereocenters. The van der Waals surface area contributed by atoms with Gasteiger partial charge in [0.25, 0.3) is 0 Å². The molecule has 0 amide bonds. The molecule has 0 aromatic carbocycles. The third kappa shape index (κ3) is 259. The van der Waals surface area contributed by atoms with Gasteiger partial charge in [0.15, 0.2) is 0 Å². The Labute approximate surface area is 103 Å². The average molecular weight is 283 g/mol. The van der Waals surface area contributed by atoms with Gasteiger partial charge in [-0.2, -0.15) is 0 Å². The average Bonchev–Trinajstić information content (AvgIpc) is 1.25. The summed E-state index contributed by atoms with van der Waals surface area (Å²) in [6, 6.07) is 0. The van der Waals surface area contributed by atoms with Gasteiger partial charge in [-0.25, -0.2) is 0 Å². The molecule has 6 nitrogen and oxygen atoms in total. The minimum Gasteiger partial charge on any atom is -0.907 e. The van der Waals surface area contributed by atoms with Crippen LogP contribution in [0.25, 0.3) is 0 Å². The Morgan fingerprint density at radius 1 is 0.600 bits per heavy atom. The minimum absolute atomic E-state index is 0. The maximum absolute atomic E-state index is 8.42. The molecule has 0 saturated heterocycles. The summed E-state index contributed by atoms with van der Waals surface area (Å²) in [4.78, 5) is 0. The zero-order chi connectivity index (χ0) is 7.15. The third-order valence-corrected chi connectivity index (χ3v) is 0. The van der Waals surface area contributed by atoms with E-state index < -0.39 is 14.6 Å². The van der Waals surface area contributed by atoms with Gasteiger partial charge in [0.1, 0.15) is 0 Å². The minimum atomic E-state index is -2.92. The first-order chi connectivity index (χ1) is 3.46. The molecule has 0 fully saturated rings. The molecule has 0 aliphatic carbocycles. The standard InChI is InChI=1S/2BO3.Ba.Si/c2*2-1(3)4;;/q2*-3;+2;+4. The van der Waals surface area contributed by atoms with Gasteiger partial charge in [-0.05, 0) is 0 Å². The van der Waals surface area contributed by atoms with Crippen LogP contribution in [0.5, 0.6) is 0 Å². The van der Waals surface area contributed by atoms with E-state index in [1.54, 1.807) is 0 Å². The third-order valence-electron chi connectivity index (χ3n) is 0. The Morgan fingerprint density at radius 3 is 0.600 bits per heavy atom. The maximum atomic E-state index is 8.42. The van der Waals surface area contributed by atoms with Crippen molar-refractivity contribution in [3.8, 4) is 0 Å². The van der Waals surface area contributed by atoms with Gasteiger partial charge in [0, 0.05) is 0 Å². The summed E-state index contributed by atoms with van der Waals surface area (Å²) in [5.74, 6) is 0. The Morgan fingerprint density at radius 2 is 0.600 bits per heavy atom. The Balaban J connectivity index is -0.0000000300. The number of rotatable bonds is 0. The first-order valence-corrected chi connectivity index (χ1v) is 1.41. The van der Waals surface area contributed by atoms with Crippen molar-refractivity contribution in [2.24, 2.45) is 0 Å². The van der Waals surface area contributed by atoms with Crippen molar-refractivity contribution in [3.63, 3.8) is 0 Å². The summed E-state index contributed by atoms with van der Waals surface area (Å²) < 4.78 is 0. The quantitative estimate of drug-likeness (QED) is 0.404. The summed E-state index contributed by atoms with van der Waals surface area (Å²) >= 11 is 0. The normalized spacial score (nSPS) is 5.40. The van der Waals surface area contributed by atoms with Crippen LogP contribution in [0.4, 0.5) is 0 Å². The largest absolute Gasteiger partial charge is 4.00 e. The zero-order valence-electron chi connectivity index (χ0n) is 4.81. The van der Waals surface area contributed by atoms with E-state index in [1.807, 2.05) is 0 Å².